The molecule has 0 aromatic heterocycles. The molecule has 0 saturated carbocycles. The Kier molecular flexibility index (Phi) is 9.29. The minimum atomic E-state index is -0.216. The molecule has 0 amide bonds. The second-order valence-corrected chi connectivity index (χ2v) is 7.51. The standard InChI is InChI=1S/C22H29F2N5.HI/c1-25-22(26-15-17-4-9-21(24)18(14-17)16-27(2)3)29-12-10-28(11-13-29)20-7-5-19(23)6-8-20;/h4-9,14H,10-13,15-16H2,1-3H3,(H,25,26);1H. The third kappa shape index (κ3) is 6.53. The van der Waals surface area contributed by atoms with E-state index in [2.05, 4.69) is 20.1 Å². The molecule has 2 aromatic carbocycles. The van der Waals surface area contributed by atoms with Gasteiger partial charge in [-0.05, 0) is 56.1 Å². The van der Waals surface area contributed by atoms with Gasteiger partial charge >= 0.3 is 0 Å². The van der Waals surface area contributed by atoms with Gasteiger partial charge in [-0.15, -0.1) is 24.0 Å². The smallest absolute Gasteiger partial charge is 0.194 e. The number of anilines is 1. The maximum atomic E-state index is 14.0. The third-order valence-electron chi connectivity index (χ3n) is 5.03. The van der Waals surface area contributed by atoms with E-state index in [9.17, 15) is 8.78 Å². The molecule has 164 valence electrons. The van der Waals surface area contributed by atoms with Gasteiger partial charge in [0.2, 0.25) is 0 Å². The number of piperazine rings is 1. The van der Waals surface area contributed by atoms with Crippen molar-refractivity contribution in [3.8, 4) is 0 Å². The Morgan fingerprint density at radius 3 is 2.30 bits per heavy atom. The number of nitrogens with zero attached hydrogens (tertiary/aromatic N) is 4. The number of nitrogens with one attached hydrogen (secondary N) is 1. The number of benzene rings is 2. The van der Waals surface area contributed by atoms with Crippen molar-refractivity contribution < 1.29 is 8.78 Å². The van der Waals surface area contributed by atoms with Crippen LogP contribution in [0.25, 0.3) is 0 Å². The highest BCUT2D eigenvalue weighted by Crippen LogP contribution is 2.17. The summed E-state index contributed by atoms with van der Waals surface area (Å²) in [6, 6.07) is 11.9. The first-order valence-corrected chi connectivity index (χ1v) is 9.84. The van der Waals surface area contributed by atoms with Crippen molar-refractivity contribution in [3.63, 3.8) is 0 Å². The minimum Gasteiger partial charge on any atom is -0.368 e. The van der Waals surface area contributed by atoms with Crippen LogP contribution in [0, 0.1) is 11.6 Å². The summed E-state index contributed by atoms with van der Waals surface area (Å²) in [6.07, 6.45) is 0. The lowest BCUT2D eigenvalue weighted by molar-refractivity contribution is 0.372. The molecular weight excluding hydrogens is 499 g/mol. The van der Waals surface area contributed by atoms with Crippen LogP contribution in [0.1, 0.15) is 11.1 Å². The van der Waals surface area contributed by atoms with Crippen LogP contribution in [0.5, 0.6) is 0 Å². The largest absolute Gasteiger partial charge is 0.368 e. The van der Waals surface area contributed by atoms with E-state index in [0.717, 1.165) is 43.4 Å². The number of hydrogen-bond donors (Lipinski definition) is 1. The number of guanidine groups is 1. The number of rotatable bonds is 5. The van der Waals surface area contributed by atoms with Gasteiger partial charge in [0.1, 0.15) is 11.6 Å². The number of halogens is 3. The summed E-state index contributed by atoms with van der Waals surface area (Å²) in [7, 11) is 5.63. The lowest BCUT2D eigenvalue weighted by Gasteiger charge is -2.37. The fourth-order valence-corrected chi connectivity index (χ4v) is 3.54. The molecule has 0 aliphatic carbocycles. The van der Waals surface area contributed by atoms with Gasteiger partial charge in [-0.3, -0.25) is 4.99 Å². The molecule has 0 atom stereocenters. The molecule has 8 heteroatoms. The fourth-order valence-electron chi connectivity index (χ4n) is 3.54. The quantitative estimate of drug-likeness (QED) is 0.365. The topological polar surface area (TPSA) is 34.1 Å². The summed E-state index contributed by atoms with van der Waals surface area (Å²) in [6.45, 7) is 4.50. The highest BCUT2D eigenvalue weighted by Gasteiger charge is 2.20. The van der Waals surface area contributed by atoms with E-state index >= 15 is 0 Å². The zero-order chi connectivity index (χ0) is 20.8. The summed E-state index contributed by atoms with van der Waals surface area (Å²) >= 11 is 0. The van der Waals surface area contributed by atoms with Crippen molar-refractivity contribution in [2.75, 3.05) is 52.2 Å². The van der Waals surface area contributed by atoms with Crippen LogP contribution in [0.3, 0.4) is 0 Å². The van der Waals surface area contributed by atoms with E-state index in [0.29, 0.717) is 18.7 Å². The molecule has 0 radical (unpaired) electrons. The second-order valence-electron chi connectivity index (χ2n) is 7.51. The summed E-state index contributed by atoms with van der Waals surface area (Å²) < 4.78 is 27.1. The number of hydrogen-bond acceptors (Lipinski definition) is 3. The van der Waals surface area contributed by atoms with Crippen LogP contribution in [-0.2, 0) is 13.1 Å². The fraction of sp³-hybridized carbons (Fsp3) is 0.409. The molecule has 1 aliphatic rings. The lowest BCUT2D eigenvalue weighted by atomic mass is 10.1. The predicted molar refractivity (Wildman–Crippen MR) is 130 cm³/mol. The van der Waals surface area contributed by atoms with Crippen molar-refractivity contribution >= 4 is 35.6 Å². The van der Waals surface area contributed by atoms with Crippen molar-refractivity contribution in [3.05, 3.63) is 65.2 Å². The molecule has 1 aliphatic heterocycles. The SMILES string of the molecule is CN=C(NCc1ccc(F)c(CN(C)C)c1)N1CCN(c2ccc(F)cc2)CC1.I. The van der Waals surface area contributed by atoms with Gasteiger partial charge in [0.05, 0.1) is 0 Å². The Morgan fingerprint density at radius 2 is 1.70 bits per heavy atom. The summed E-state index contributed by atoms with van der Waals surface area (Å²) in [5.41, 5.74) is 2.75. The molecule has 2 aromatic rings. The molecule has 0 unspecified atom stereocenters. The van der Waals surface area contributed by atoms with Gasteiger partial charge in [-0.25, -0.2) is 8.78 Å². The van der Waals surface area contributed by atoms with Gasteiger partial charge in [0.15, 0.2) is 5.96 Å². The molecule has 0 spiro atoms. The molecule has 1 heterocycles. The lowest BCUT2D eigenvalue weighted by Crippen LogP contribution is -2.52. The molecule has 30 heavy (non-hydrogen) atoms. The molecule has 1 saturated heterocycles. The first-order chi connectivity index (χ1) is 14.0. The molecule has 0 bridgehead atoms. The molecule has 3 rings (SSSR count). The third-order valence-corrected chi connectivity index (χ3v) is 5.03. The highest BCUT2D eigenvalue weighted by molar-refractivity contribution is 14.0. The normalized spacial score (nSPS) is 14.7. The molecular formula is C22H30F2IN5. The molecule has 1 fully saturated rings. The Balaban J connectivity index is 0.00000320. The average Bonchev–Trinajstić information content (AvgIpc) is 2.71. The molecule has 5 nitrogen and oxygen atoms in total. The van der Waals surface area contributed by atoms with Crippen molar-refractivity contribution in [1.82, 2.24) is 15.1 Å². The van der Waals surface area contributed by atoms with Crippen LogP contribution in [0.4, 0.5) is 14.5 Å². The number of aliphatic imine (C=N–C) groups is 1. The Labute approximate surface area is 194 Å². The zero-order valence-corrected chi connectivity index (χ0v) is 20.1. The zero-order valence-electron chi connectivity index (χ0n) is 17.7. The summed E-state index contributed by atoms with van der Waals surface area (Å²) in [5, 5.41) is 3.39. The molecule has 1 N–H and O–H groups in total. The van der Waals surface area contributed by atoms with Gasteiger partial charge in [-0.2, -0.15) is 0 Å². The Bertz CT molecular complexity index is 834. The first kappa shape index (κ1) is 24.3. The Morgan fingerprint density at radius 1 is 1.03 bits per heavy atom. The average molecular weight is 529 g/mol. The van der Waals surface area contributed by atoms with Gasteiger partial charge < -0.3 is 20.0 Å². The van der Waals surface area contributed by atoms with Crippen LogP contribution < -0.4 is 10.2 Å². The van der Waals surface area contributed by atoms with E-state index in [1.54, 1.807) is 13.1 Å². The summed E-state index contributed by atoms with van der Waals surface area (Å²) in [5.74, 6) is 0.442. The maximum Gasteiger partial charge on any atom is 0.194 e. The van der Waals surface area contributed by atoms with E-state index < -0.39 is 0 Å². The van der Waals surface area contributed by atoms with Gasteiger partial charge in [0, 0.05) is 57.6 Å². The Hall–Kier alpha value is -1.94. The predicted octanol–water partition coefficient (Wildman–Crippen LogP) is 3.54. The van der Waals surface area contributed by atoms with Crippen molar-refractivity contribution in [1.29, 1.82) is 0 Å². The van der Waals surface area contributed by atoms with E-state index in [1.807, 2.05) is 37.2 Å². The van der Waals surface area contributed by atoms with Crippen molar-refractivity contribution in [2.45, 2.75) is 13.1 Å². The van der Waals surface area contributed by atoms with E-state index in [1.165, 1.54) is 18.2 Å². The van der Waals surface area contributed by atoms with E-state index in [4.69, 9.17) is 0 Å². The van der Waals surface area contributed by atoms with Crippen LogP contribution in [0.15, 0.2) is 47.5 Å². The van der Waals surface area contributed by atoms with Gasteiger partial charge in [0.25, 0.3) is 0 Å². The second kappa shape index (κ2) is 11.5. The van der Waals surface area contributed by atoms with Crippen LogP contribution in [0.2, 0.25) is 0 Å². The highest BCUT2D eigenvalue weighted by atomic mass is 127. The maximum absolute atomic E-state index is 14.0. The monoisotopic (exact) mass is 529 g/mol. The summed E-state index contributed by atoms with van der Waals surface area (Å²) in [4.78, 5) is 10.8. The van der Waals surface area contributed by atoms with Gasteiger partial charge in [-0.1, -0.05) is 6.07 Å². The first-order valence-electron chi connectivity index (χ1n) is 9.84. The van der Waals surface area contributed by atoms with Crippen LogP contribution >= 0.6 is 24.0 Å². The van der Waals surface area contributed by atoms with E-state index in [-0.39, 0.29) is 35.6 Å². The minimum absolute atomic E-state index is 0. The van der Waals surface area contributed by atoms with Crippen LogP contribution in [-0.4, -0.2) is 63.1 Å². The van der Waals surface area contributed by atoms with Crippen molar-refractivity contribution in [2.24, 2.45) is 4.99 Å².